The van der Waals surface area contributed by atoms with Gasteiger partial charge in [-0.05, 0) is 42.7 Å². The van der Waals surface area contributed by atoms with Crippen LogP contribution in [0, 0.1) is 0 Å². The smallest absolute Gasteiger partial charge is 0.224 e. The molecule has 1 amide bonds. The fourth-order valence-corrected chi connectivity index (χ4v) is 3.90. The summed E-state index contributed by atoms with van der Waals surface area (Å²) in [6.45, 7) is 3.93. The van der Waals surface area contributed by atoms with E-state index in [9.17, 15) is 4.79 Å². The van der Waals surface area contributed by atoms with Crippen LogP contribution < -0.4 is 10.1 Å². The second-order valence-electron chi connectivity index (χ2n) is 8.06. The number of unbranched alkanes of at least 4 members (excludes halogenated alkanes) is 4. The summed E-state index contributed by atoms with van der Waals surface area (Å²) in [6.07, 6.45) is 8.48. The van der Waals surface area contributed by atoms with Crippen LogP contribution in [0.25, 0.3) is 11.0 Å². The highest BCUT2D eigenvalue weighted by atomic mass is 16.5. The minimum Gasteiger partial charge on any atom is -0.497 e. The van der Waals surface area contributed by atoms with Crippen LogP contribution in [0.4, 0.5) is 0 Å². The number of carbonyl (C=O) groups is 1. The zero-order chi connectivity index (χ0) is 21.9. The molecule has 0 saturated carbocycles. The van der Waals surface area contributed by atoms with Crippen molar-refractivity contribution in [3.8, 4) is 5.75 Å². The van der Waals surface area contributed by atoms with Gasteiger partial charge in [-0.1, -0.05) is 56.9 Å². The van der Waals surface area contributed by atoms with Gasteiger partial charge in [0.05, 0.1) is 24.6 Å². The molecule has 0 saturated heterocycles. The Hall–Kier alpha value is -2.82. The van der Waals surface area contributed by atoms with Crippen molar-refractivity contribution in [3.63, 3.8) is 0 Å². The van der Waals surface area contributed by atoms with E-state index in [2.05, 4.69) is 35.0 Å². The number of nitrogens with zero attached hydrogens (tertiary/aromatic N) is 2. The molecule has 0 radical (unpaired) electrons. The van der Waals surface area contributed by atoms with Crippen molar-refractivity contribution in [2.24, 2.45) is 0 Å². The maximum atomic E-state index is 12.3. The topological polar surface area (TPSA) is 56.2 Å². The number of nitrogens with one attached hydrogen (secondary N) is 1. The number of aryl methyl sites for hydroxylation is 2. The number of fused-ring (bicyclic) bond motifs is 1. The first-order chi connectivity index (χ1) is 15.2. The third-order valence-corrected chi connectivity index (χ3v) is 5.64. The Bertz CT molecular complexity index is 947. The van der Waals surface area contributed by atoms with E-state index in [0.717, 1.165) is 42.0 Å². The van der Waals surface area contributed by atoms with Gasteiger partial charge in [-0.25, -0.2) is 4.98 Å². The number of amides is 1. The molecule has 1 aromatic heterocycles. The fourth-order valence-electron chi connectivity index (χ4n) is 3.90. The van der Waals surface area contributed by atoms with Gasteiger partial charge in [0, 0.05) is 19.5 Å². The largest absolute Gasteiger partial charge is 0.497 e. The van der Waals surface area contributed by atoms with E-state index in [1.807, 2.05) is 30.3 Å². The van der Waals surface area contributed by atoms with Crippen molar-refractivity contribution >= 4 is 16.9 Å². The summed E-state index contributed by atoms with van der Waals surface area (Å²) >= 11 is 0. The van der Waals surface area contributed by atoms with Crippen molar-refractivity contribution in [2.75, 3.05) is 13.7 Å². The zero-order valence-electron chi connectivity index (χ0n) is 18.9. The first-order valence-corrected chi connectivity index (χ1v) is 11.5. The molecular weight excluding hydrogens is 386 g/mol. The number of methoxy groups -OCH3 is 1. The number of carbonyl (C=O) groups excluding carboxylic acids is 1. The molecule has 0 unspecified atom stereocenters. The molecular formula is C26H35N3O2. The highest BCUT2D eigenvalue weighted by Gasteiger charge is 2.10. The Kier molecular flexibility index (Phi) is 8.95. The van der Waals surface area contributed by atoms with Crippen molar-refractivity contribution in [3.05, 3.63) is 59.9 Å². The number of rotatable bonds is 13. The lowest BCUT2D eigenvalue weighted by Gasteiger charge is -2.10. The highest BCUT2D eigenvalue weighted by molar-refractivity contribution is 5.78. The Morgan fingerprint density at radius 3 is 2.55 bits per heavy atom. The molecule has 0 aliphatic rings. The third-order valence-electron chi connectivity index (χ3n) is 5.64. The second-order valence-corrected chi connectivity index (χ2v) is 8.06. The summed E-state index contributed by atoms with van der Waals surface area (Å²) in [4.78, 5) is 17.1. The van der Waals surface area contributed by atoms with Gasteiger partial charge >= 0.3 is 0 Å². The van der Waals surface area contributed by atoms with Crippen LogP contribution in [-0.2, 0) is 24.2 Å². The summed E-state index contributed by atoms with van der Waals surface area (Å²) < 4.78 is 7.54. The van der Waals surface area contributed by atoms with E-state index in [4.69, 9.17) is 9.72 Å². The van der Waals surface area contributed by atoms with Crippen LogP contribution in [0.15, 0.2) is 48.5 Å². The van der Waals surface area contributed by atoms with Gasteiger partial charge in [0.15, 0.2) is 0 Å². The van der Waals surface area contributed by atoms with Gasteiger partial charge in [-0.15, -0.1) is 0 Å². The van der Waals surface area contributed by atoms with Gasteiger partial charge in [0.2, 0.25) is 5.91 Å². The number of hydrogen-bond donors (Lipinski definition) is 1. The predicted molar refractivity (Wildman–Crippen MR) is 127 cm³/mol. The van der Waals surface area contributed by atoms with Crippen LogP contribution in [0.5, 0.6) is 5.75 Å². The SMILES string of the molecule is CCCCCCCn1c(CCCNC(=O)Cc2ccc(OC)cc2)nc2ccccc21. The van der Waals surface area contributed by atoms with Crippen LogP contribution in [-0.4, -0.2) is 29.1 Å². The lowest BCUT2D eigenvalue weighted by atomic mass is 10.1. The number of imidazole rings is 1. The maximum Gasteiger partial charge on any atom is 0.224 e. The molecule has 166 valence electrons. The highest BCUT2D eigenvalue weighted by Crippen LogP contribution is 2.18. The second kappa shape index (κ2) is 12.1. The predicted octanol–water partition coefficient (Wildman–Crippen LogP) is 5.31. The fraction of sp³-hybridized carbons (Fsp3) is 0.462. The van der Waals surface area contributed by atoms with E-state index in [0.29, 0.717) is 13.0 Å². The van der Waals surface area contributed by atoms with Gasteiger partial charge < -0.3 is 14.6 Å². The summed E-state index contributed by atoms with van der Waals surface area (Å²) in [6, 6.07) is 16.0. The van der Waals surface area contributed by atoms with Crippen molar-refractivity contribution < 1.29 is 9.53 Å². The summed E-state index contributed by atoms with van der Waals surface area (Å²) in [5.74, 6) is 1.98. The molecule has 0 aliphatic heterocycles. The summed E-state index contributed by atoms with van der Waals surface area (Å²) in [5, 5.41) is 3.04. The molecule has 0 bridgehead atoms. The molecule has 0 aliphatic carbocycles. The first-order valence-electron chi connectivity index (χ1n) is 11.5. The quantitative estimate of drug-likeness (QED) is 0.381. The molecule has 2 aromatic carbocycles. The van der Waals surface area contributed by atoms with E-state index in [1.54, 1.807) is 7.11 Å². The molecule has 1 N–H and O–H groups in total. The van der Waals surface area contributed by atoms with Crippen LogP contribution >= 0.6 is 0 Å². The van der Waals surface area contributed by atoms with Crippen LogP contribution in [0.1, 0.15) is 56.8 Å². The van der Waals surface area contributed by atoms with Crippen molar-refractivity contribution in [2.45, 2.75) is 64.8 Å². The lowest BCUT2D eigenvalue weighted by molar-refractivity contribution is -0.120. The van der Waals surface area contributed by atoms with Gasteiger partial charge in [-0.3, -0.25) is 4.79 Å². The Morgan fingerprint density at radius 2 is 1.77 bits per heavy atom. The number of ether oxygens (including phenoxy) is 1. The molecule has 3 rings (SSSR count). The monoisotopic (exact) mass is 421 g/mol. The number of benzene rings is 2. The average Bonchev–Trinajstić information content (AvgIpc) is 3.14. The minimum absolute atomic E-state index is 0.0505. The van der Waals surface area contributed by atoms with E-state index < -0.39 is 0 Å². The first kappa shape index (κ1) is 22.9. The lowest BCUT2D eigenvalue weighted by Crippen LogP contribution is -2.26. The van der Waals surface area contributed by atoms with E-state index in [1.165, 1.54) is 37.6 Å². The maximum absolute atomic E-state index is 12.3. The summed E-state index contributed by atoms with van der Waals surface area (Å²) in [5.41, 5.74) is 3.27. The molecule has 1 heterocycles. The Morgan fingerprint density at radius 1 is 1.00 bits per heavy atom. The van der Waals surface area contributed by atoms with Gasteiger partial charge in [0.25, 0.3) is 0 Å². The van der Waals surface area contributed by atoms with Crippen LogP contribution in [0.3, 0.4) is 0 Å². The van der Waals surface area contributed by atoms with Crippen molar-refractivity contribution in [1.29, 1.82) is 0 Å². The Balaban J connectivity index is 1.49. The standard InChI is InChI=1S/C26H35N3O2/c1-3-4-5-6-9-19-29-24-12-8-7-11-23(24)28-25(29)13-10-18-27-26(30)20-21-14-16-22(31-2)17-15-21/h7-8,11-12,14-17H,3-6,9-10,13,18-20H2,1-2H3,(H,27,30). The number of para-hydroxylation sites is 2. The number of hydrogen-bond acceptors (Lipinski definition) is 3. The molecule has 0 fully saturated rings. The molecule has 0 spiro atoms. The van der Waals surface area contributed by atoms with E-state index in [-0.39, 0.29) is 5.91 Å². The van der Waals surface area contributed by atoms with Crippen LogP contribution in [0.2, 0.25) is 0 Å². The third kappa shape index (κ3) is 6.84. The number of aromatic nitrogens is 2. The molecule has 31 heavy (non-hydrogen) atoms. The van der Waals surface area contributed by atoms with Crippen molar-refractivity contribution in [1.82, 2.24) is 14.9 Å². The van der Waals surface area contributed by atoms with Gasteiger partial charge in [-0.2, -0.15) is 0 Å². The normalized spacial score (nSPS) is 11.0. The minimum atomic E-state index is 0.0505. The summed E-state index contributed by atoms with van der Waals surface area (Å²) in [7, 11) is 1.64. The Labute approximate surface area is 185 Å². The van der Waals surface area contributed by atoms with E-state index >= 15 is 0 Å². The van der Waals surface area contributed by atoms with Gasteiger partial charge in [0.1, 0.15) is 11.6 Å². The average molecular weight is 422 g/mol. The molecule has 0 atom stereocenters. The molecule has 5 nitrogen and oxygen atoms in total. The zero-order valence-corrected chi connectivity index (χ0v) is 18.9. The molecule has 3 aromatic rings. The molecule has 5 heteroatoms.